The van der Waals surface area contributed by atoms with Crippen molar-refractivity contribution in [1.29, 1.82) is 0 Å². The SMILES string of the molecule is F[C](F)=[Cf][CH2]C(F)=C(F)F. The third-order valence-electron chi connectivity index (χ3n) is 0.444. The molecule has 0 saturated heterocycles. The molecule has 0 nitrogen and oxygen atoms in total. The Morgan fingerprint density at radius 1 is 1.00 bits per heavy atom. The zero-order valence-electron chi connectivity index (χ0n) is 4.41. The van der Waals surface area contributed by atoms with Crippen LogP contribution in [0.4, 0.5) is 22.0 Å². The third-order valence-corrected chi connectivity index (χ3v) is 2.43. The Balaban J connectivity index is 3.94. The Morgan fingerprint density at radius 3 is 1.80 bits per heavy atom. The molecular weight excluding hydrogens is 394 g/mol. The van der Waals surface area contributed by atoms with Crippen LogP contribution in [-0.2, 0) is 0 Å². The van der Waals surface area contributed by atoms with Crippen molar-refractivity contribution >= 4 is 6.93 Å². The van der Waals surface area contributed by atoms with E-state index in [1.165, 1.54) is 0 Å². The molecule has 0 spiro atoms. The van der Waals surface area contributed by atoms with Gasteiger partial charge in [-0.1, -0.05) is 0 Å². The van der Waals surface area contributed by atoms with Crippen LogP contribution in [-0.4, -0.2) is 6.93 Å². The molecule has 0 amide bonds. The fourth-order valence-corrected chi connectivity index (χ4v) is 1.25. The van der Waals surface area contributed by atoms with Crippen molar-refractivity contribution < 1.29 is 22.0 Å². The Bertz CT molecular complexity index is 164. The number of hydrogen-bond acceptors (Lipinski definition) is 0. The van der Waals surface area contributed by atoms with Crippen molar-refractivity contribution in [1.82, 2.24) is 0 Å². The van der Waals surface area contributed by atoms with E-state index in [-0.39, 0.29) is 0 Å². The molecule has 0 unspecified atom stereocenters. The topological polar surface area (TPSA) is 0 Å². The van der Waals surface area contributed by atoms with Crippen LogP contribution in [0.3, 0.4) is 0 Å². The van der Waals surface area contributed by atoms with Crippen LogP contribution < -0.4 is 0 Å². The molecule has 0 N–H and O–H groups in total. The average Bonchev–Trinajstić information content (AvgIpc) is 1.82. The van der Waals surface area contributed by atoms with Gasteiger partial charge in [0.05, 0.1) is 0 Å². The van der Waals surface area contributed by atoms with E-state index < -0.39 is 25.8 Å². The van der Waals surface area contributed by atoms with Gasteiger partial charge in [-0.2, -0.15) is 0 Å². The second kappa shape index (κ2) is 3.32. The summed E-state index contributed by atoms with van der Waals surface area (Å²) in [5.41, 5.74) is 0. The van der Waals surface area contributed by atoms with Gasteiger partial charge in [0, 0.05) is 0 Å². The summed E-state index contributed by atoms with van der Waals surface area (Å²) in [5, 5.41) is 0. The van der Waals surface area contributed by atoms with Gasteiger partial charge in [-0.15, -0.1) is 0 Å². The summed E-state index contributed by atoms with van der Waals surface area (Å²) in [4.78, 5) is 0. The van der Waals surface area contributed by atoms with Crippen LogP contribution in [0, 0.1) is 0 Å². The predicted octanol–water partition coefficient (Wildman–Crippen LogP) is 2.59. The summed E-state index contributed by atoms with van der Waals surface area (Å²) in [7, 11) is 0. The van der Waals surface area contributed by atoms with Crippen LogP contribution >= 0.6 is 0 Å². The molecule has 0 aliphatic heterocycles. The van der Waals surface area contributed by atoms with E-state index in [4.69, 9.17) is 0 Å². The number of halogens is 5. The van der Waals surface area contributed by atoms with Gasteiger partial charge in [-0.3, -0.25) is 0 Å². The second-order valence-electron chi connectivity index (χ2n) is 1.08. The minimum absolute atomic E-state index is 0.778. The van der Waals surface area contributed by atoms with Crippen molar-refractivity contribution in [3.63, 3.8) is 0 Å². The van der Waals surface area contributed by atoms with E-state index in [9.17, 15) is 22.0 Å². The number of allylic oxidation sites excluding steroid dienone is 1. The summed E-state index contributed by atoms with van der Waals surface area (Å²) < 4.78 is 54.3. The number of hydrogen-bond donors (Lipinski definition) is 0. The summed E-state index contributed by atoms with van der Waals surface area (Å²) >= 11 is 0. The van der Waals surface area contributed by atoms with Crippen LogP contribution in [0.25, 0.3) is 0 Å². The van der Waals surface area contributed by atoms with Gasteiger partial charge in [-0.05, 0) is 0 Å². The molecule has 63 valence electrons. The zero-order chi connectivity index (χ0) is 8.15. The molecule has 0 radical (unpaired) electrons. The molecule has 0 aromatic heterocycles. The van der Waals surface area contributed by atoms with E-state index in [0.717, 1.165) is 0 Å². The summed E-state index contributed by atoms with van der Waals surface area (Å²) in [6.07, 6.45) is -2.49. The first-order valence-corrected chi connectivity index (χ1v) is 5.11. The number of rotatable bonds is 2. The molecule has 0 rings (SSSR count). The van der Waals surface area contributed by atoms with Gasteiger partial charge < -0.3 is 0 Å². The fraction of sp³-hybridized carbons (Fsp3) is 0.250. The van der Waals surface area contributed by atoms with Gasteiger partial charge >= 0.3 is 47.7 Å². The standard InChI is InChI=1S/C3H2F3.CF2.Cf/c1-2(4)3(5)6;2-1-3;/h1H2;;. The Kier molecular flexibility index (Phi) is 2.74. The van der Waals surface area contributed by atoms with Crippen LogP contribution in [0.15, 0.2) is 11.9 Å². The Morgan fingerprint density at radius 2 is 1.50 bits per heavy atom. The normalized spacial score (nSPS) is 8.50. The molecule has 0 heterocycles. The summed E-state index contributed by atoms with van der Waals surface area (Å²) in [6, 6.07) is 0. The molecule has 0 aromatic rings. The molecule has 10 heavy (non-hydrogen) atoms. The summed E-state index contributed by atoms with van der Waals surface area (Å²) in [6.45, 7) is -2.68. The molecule has 0 bridgehead atoms. The Hall–Kier alpha value is -1.74. The maximum atomic E-state index is 11.7. The molecule has 6 heteroatoms. The van der Waals surface area contributed by atoms with Gasteiger partial charge in [-0.25, -0.2) is 0 Å². The minimum atomic E-state index is -2.49. The maximum absolute atomic E-state index is 11.7. The van der Waals surface area contributed by atoms with E-state index in [1.54, 1.807) is 0 Å². The quantitative estimate of drug-likeness (QED) is 0.630. The van der Waals surface area contributed by atoms with Crippen molar-refractivity contribution in [3.05, 3.63) is 11.9 Å². The third kappa shape index (κ3) is 3.29. The van der Waals surface area contributed by atoms with Crippen molar-refractivity contribution in [2.75, 3.05) is 0 Å². The average molecular weight is 396 g/mol. The molecule has 0 aliphatic carbocycles. The fourth-order valence-electron chi connectivity index (χ4n) is 0.134. The first-order valence-electron chi connectivity index (χ1n) is 1.93. The summed E-state index contributed by atoms with van der Waals surface area (Å²) in [5.74, 6) is -1.70. The molecule has 0 saturated carbocycles. The van der Waals surface area contributed by atoms with Crippen LogP contribution in [0.1, 0.15) is 0 Å². The van der Waals surface area contributed by atoms with Crippen LogP contribution in [0.5, 0.6) is 0 Å². The first kappa shape index (κ1) is 8.26. The molecular formula is C4H2CfF5. The van der Waals surface area contributed by atoms with Gasteiger partial charge in [0.15, 0.2) is 0 Å². The van der Waals surface area contributed by atoms with Gasteiger partial charge in [0.2, 0.25) is 0 Å². The van der Waals surface area contributed by atoms with Gasteiger partial charge in [0.1, 0.15) is 0 Å². The van der Waals surface area contributed by atoms with E-state index in [2.05, 4.69) is 0 Å². The Labute approximate surface area is 49.0 Å². The molecule has 0 fully saturated rings. The molecule has 0 atom stereocenters. The molecule has 0 aliphatic rings. The van der Waals surface area contributed by atoms with Gasteiger partial charge in [0.25, 0.3) is 0 Å². The van der Waals surface area contributed by atoms with E-state index >= 15 is 0 Å². The van der Waals surface area contributed by atoms with Crippen molar-refractivity contribution in [2.45, 2.75) is 6.92 Å². The van der Waals surface area contributed by atoms with E-state index in [1.807, 2.05) is 0 Å². The monoisotopic (exact) mass is 394 g/mol. The zero-order valence-corrected chi connectivity index (χ0v) is 7.05. The molecule has 0 aromatic carbocycles. The predicted molar refractivity (Wildman–Crippen MR) is 22.4 cm³/mol. The van der Waals surface area contributed by atoms with Crippen molar-refractivity contribution in [2.24, 2.45) is 0 Å². The first-order chi connectivity index (χ1) is 4.54. The van der Waals surface area contributed by atoms with E-state index in [0.29, 0.717) is 0 Å². The second-order valence-corrected chi connectivity index (χ2v) is 3.94. The van der Waals surface area contributed by atoms with Crippen LogP contribution in [0.2, 0.25) is 6.92 Å². The van der Waals surface area contributed by atoms with Crippen molar-refractivity contribution in [3.8, 4) is 0 Å².